The van der Waals surface area contributed by atoms with Crippen LogP contribution in [0.5, 0.6) is 0 Å². The van der Waals surface area contributed by atoms with E-state index in [2.05, 4.69) is 0 Å². The van der Waals surface area contributed by atoms with E-state index in [1.54, 1.807) is 6.07 Å². The zero-order valence-electron chi connectivity index (χ0n) is 4.33. The minimum absolute atomic E-state index is 0. The largest absolute Gasteiger partial charge is 0.344 e. The van der Waals surface area contributed by atoms with Gasteiger partial charge in [-0.15, -0.1) is 11.3 Å². The standard InChI is InChI=1S/C5H4OS.H3N/c6-4-5-2-1-3-7-5;/h1-4H;1H3. The lowest BCUT2D eigenvalue weighted by Crippen LogP contribution is -1.61. The molecule has 0 aromatic carbocycles. The summed E-state index contributed by atoms with van der Waals surface area (Å²) in [5, 5.41) is 1.88. The Hall–Kier alpha value is -0.670. The van der Waals surface area contributed by atoms with E-state index in [-0.39, 0.29) is 6.15 Å². The van der Waals surface area contributed by atoms with Crippen molar-refractivity contribution in [2.45, 2.75) is 0 Å². The van der Waals surface area contributed by atoms with Crippen LogP contribution in [0, 0.1) is 0 Å². The Labute approximate surface area is 51.7 Å². The quantitative estimate of drug-likeness (QED) is 0.587. The number of thiophene rings is 1. The second-order valence-electron chi connectivity index (χ2n) is 1.13. The van der Waals surface area contributed by atoms with E-state index in [0.717, 1.165) is 11.2 Å². The van der Waals surface area contributed by atoms with Crippen LogP contribution in [0.4, 0.5) is 0 Å². The second kappa shape index (κ2) is 3.35. The van der Waals surface area contributed by atoms with Crippen LogP contribution in [0.2, 0.25) is 0 Å². The Morgan fingerprint density at radius 3 is 2.62 bits per heavy atom. The molecule has 2 nitrogen and oxygen atoms in total. The monoisotopic (exact) mass is 129 g/mol. The lowest BCUT2D eigenvalue weighted by atomic mass is 10.5. The van der Waals surface area contributed by atoms with E-state index in [1.807, 2.05) is 11.4 Å². The minimum Gasteiger partial charge on any atom is -0.344 e. The molecule has 0 radical (unpaired) electrons. The van der Waals surface area contributed by atoms with Crippen molar-refractivity contribution in [3.8, 4) is 0 Å². The predicted octanol–water partition coefficient (Wildman–Crippen LogP) is 1.72. The number of aldehydes is 1. The lowest BCUT2D eigenvalue weighted by molar-refractivity contribution is 0.112. The summed E-state index contributed by atoms with van der Waals surface area (Å²) in [6.45, 7) is 0. The van der Waals surface area contributed by atoms with Crippen LogP contribution in [-0.4, -0.2) is 6.29 Å². The SMILES string of the molecule is N.O=Cc1cccs1. The molecule has 0 saturated heterocycles. The number of rotatable bonds is 1. The fourth-order valence-corrected chi connectivity index (χ4v) is 0.885. The summed E-state index contributed by atoms with van der Waals surface area (Å²) in [6, 6.07) is 3.64. The Balaban J connectivity index is 0.000000490. The number of carbonyl (C=O) groups is 1. The first-order valence-corrected chi connectivity index (χ1v) is 2.80. The zero-order chi connectivity index (χ0) is 5.11. The normalized spacial score (nSPS) is 7.50. The zero-order valence-corrected chi connectivity index (χ0v) is 5.15. The van der Waals surface area contributed by atoms with Gasteiger partial charge >= 0.3 is 0 Å². The molecular formula is C5H7NOS. The fraction of sp³-hybridized carbons (Fsp3) is 0. The molecule has 1 rings (SSSR count). The number of carbonyl (C=O) groups excluding carboxylic acids is 1. The van der Waals surface area contributed by atoms with Gasteiger partial charge in [0, 0.05) is 0 Å². The Bertz CT molecular complexity index is 147. The summed E-state index contributed by atoms with van der Waals surface area (Å²) in [5.74, 6) is 0. The Kier molecular flexibility index (Phi) is 3.07. The molecule has 0 aliphatic heterocycles. The molecule has 0 bridgehead atoms. The van der Waals surface area contributed by atoms with Crippen molar-refractivity contribution in [1.82, 2.24) is 6.15 Å². The third kappa shape index (κ3) is 1.44. The highest BCUT2D eigenvalue weighted by Gasteiger charge is 1.82. The van der Waals surface area contributed by atoms with Crippen LogP contribution in [0.1, 0.15) is 9.67 Å². The van der Waals surface area contributed by atoms with Crippen molar-refractivity contribution >= 4 is 17.6 Å². The highest BCUT2D eigenvalue weighted by molar-refractivity contribution is 7.11. The maximum absolute atomic E-state index is 9.88. The van der Waals surface area contributed by atoms with Crippen LogP contribution in [0.15, 0.2) is 17.5 Å². The molecule has 44 valence electrons. The molecule has 0 amide bonds. The van der Waals surface area contributed by atoms with Crippen LogP contribution < -0.4 is 6.15 Å². The average Bonchev–Trinajstić information content (AvgIpc) is 2.14. The first-order chi connectivity index (χ1) is 3.43. The van der Waals surface area contributed by atoms with Crippen molar-refractivity contribution < 1.29 is 4.79 Å². The van der Waals surface area contributed by atoms with E-state index in [0.29, 0.717) is 0 Å². The lowest BCUT2D eigenvalue weighted by Gasteiger charge is -1.66. The summed E-state index contributed by atoms with van der Waals surface area (Å²) in [4.78, 5) is 10.7. The molecular weight excluding hydrogens is 122 g/mol. The van der Waals surface area contributed by atoms with Gasteiger partial charge in [-0.2, -0.15) is 0 Å². The topological polar surface area (TPSA) is 52.1 Å². The molecule has 3 heteroatoms. The summed E-state index contributed by atoms with van der Waals surface area (Å²) in [7, 11) is 0. The van der Waals surface area contributed by atoms with Crippen molar-refractivity contribution in [1.29, 1.82) is 0 Å². The minimum atomic E-state index is 0. The van der Waals surface area contributed by atoms with Crippen LogP contribution >= 0.6 is 11.3 Å². The molecule has 0 spiro atoms. The number of hydrogen-bond acceptors (Lipinski definition) is 3. The molecule has 1 heterocycles. The first-order valence-electron chi connectivity index (χ1n) is 1.92. The van der Waals surface area contributed by atoms with Crippen molar-refractivity contribution in [2.75, 3.05) is 0 Å². The predicted molar refractivity (Wildman–Crippen MR) is 34.7 cm³/mol. The van der Waals surface area contributed by atoms with Crippen molar-refractivity contribution in [3.63, 3.8) is 0 Å². The molecule has 0 fully saturated rings. The van der Waals surface area contributed by atoms with Gasteiger partial charge in [-0.3, -0.25) is 4.79 Å². The van der Waals surface area contributed by atoms with E-state index < -0.39 is 0 Å². The molecule has 0 aliphatic carbocycles. The summed E-state index contributed by atoms with van der Waals surface area (Å²) in [5.41, 5.74) is 0. The smallest absolute Gasteiger partial charge is 0.159 e. The third-order valence-electron chi connectivity index (χ3n) is 0.659. The van der Waals surface area contributed by atoms with Gasteiger partial charge in [0.25, 0.3) is 0 Å². The fourth-order valence-electron chi connectivity index (χ4n) is 0.358. The van der Waals surface area contributed by atoms with Gasteiger partial charge in [-0.1, -0.05) is 6.07 Å². The van der Waals surface area contributed by atoms with Crippen molar-refractivity contribution in [3.05, 3.63) is 22.4 Å². The van der Waals surface area contributed by atoms with Crippen molar-refractivity contribution in [2.24, 2.45) is 0 Å². The van der Waals surface area contributed by atoms with Crippen LogP contribution in [0.25, 0.3) is 0 Å². The second-order valence-corrected chi connectivity index (χ2v) is 2.11. The van der Waals surface area contributed by atoms with Gasteiger partial charge in [0.2, 0.25) is 0 Å². The van der Waals surface area contributed by atoms with Gasteiger partial charge in [-0.05, 0) is 11.4 Å². The van der Waals surface area contributed by atoms with E-state index in [9.17, 15) is 4.79 Å². The first kappa shape index (κ1) is 7.33. The third-order valence-corrected chi connectivity index (χ3v) is 1.46. The molecule has 3 N–H and O–H groups in total. The summed E-state index contributed by atoms with van der Waals surface area (Å²) < 4.78 is 0. The van der Waals surface area contributed by atoms with E-state index in [4.69, 9.17) is 0 Å². The summed E-state index contributed by atoms with van der Waals surface area (Å²) in [6.07, 6.45) is 0.852. The molecule has 0 atom stereocenters. The van der Waals surface area contributed by atoms with Gasteiger partial charge < -0.3 is 6.15 Å². The van der Waals surface area contributed by atoms with E-state index in [1.165, 1.54) is 11.3 Å². The van der Waals surface area contributed by atoms with E-state index >= 15 is 0 Å². The number of hydrogen-bond donors (Lipinski definition) is 1. The Morgan fingerprint density at radius 1 is 1.62 bits per heavy atom. The summed E-state index contributed by atoms with van der Waals surface area (Å²) >= 11 is 1.45. The molecule has 0 saturated carbocycles. The maximum atomic E-state index is 9.88. The van der Waals surface area contributed by atoms with Gasteiger partial charge in [0.15, 0.2) is 6.29 Å². The maximum Gasteiger partial charge on any atom is 0.159 e. The molecule has 0 aliphatic rings. The molecule has 0 unspecified atom stereocenters. The molecule has 1 aromatic rings. The highest BCUT2D eigenvalue weighted by Crippen LogP contribution is 2.02. The van der Waals surface area contributed by atoms with Gasteiger partial charge in [0.05, 0.1) is 4.88 Å². The average molecular weight is 129 g/mol. The van der Waals surface area contributed by atoms with Gasteiger partial charge in [-0.25, -0.2) is 0 Å². The molecule has 8 heavy (non-hydrogen) atoms. The van der Waals surface area contributed by atoms with Crippen LogP contribution in [-0.2, 0) is 0 Å². The van der Waals surface area contributed by atoms with Gasteiger partial charge in [0.1, 0.15) is 0 Å². The Morgan fingerprint density at radius 2 is 2.38 bits per heavy atom. The molecule has 1 aromatic heterocycles. The highest BCUT2D eigenvalue weighted by atomic mass is 32.1. The van der Waals surface area contributed by atoms with Crippen LogP contribution in [0.3, 0.4) is 0 Å².